The highest BCUT2D eigenvalue weighted by molar-refractivity contribution is 6.01. The minimum atomic E-state index is -0.459. The monoisotopic (exact) mass is 310 g/mol. The lowest BCUT2D eigenvalue weighted by atomic mass is 10.2. The molecular formula is C17H14N2O4. The Morgan fingerprint density at radius 2 is 2.13 bits per heavy atom. The van der Waals surface area contributed by atoms with Crippen LogP contribution in [0.4, 0.5) is 0 Å². The first kappa shape index (κ1) is 14.7. The lowest BCUT2D eigenvalue weighted by Gasteiger charge is -2.05. The maximum atomic E-state index is 12.1. The van der Waals surface area contributed by atoms with E-state index in [2.05, 4.69) is 5.32 Å². The number of carbonyl (C=O) groups is 1. The summed E-state index contributed by atoms with van der Waals surface area (Å²) in [6, 6.07) is 10.8. The van der Waals surface area contributed by atoms with Gasteiger partial charge in [0, 0.05) is 12.6 Å². The first-order valence-corrected chi connectivity index (χ1v) is 7.00. The van der Waals surface area contributed by atoms with E-state index in [4.69, 9.17) is 19.2 Å². The Balaban J connectivity index is 1.66. The van der Waals surface area contributed by atoms with Crippen LogP contribution in [0.1, 0.15) is 17.1 Å². The summed E-state index contributed by atoms with van der Waals surface area (Å²) in [6.07, 6.45) is 1.42. The summed E-state index contributed by atoms with van der Waals surface area (Å²) in [6.45, 7) is 2.28. The van der Waals surface area contributed by atoms with Gasteiger partial charge in [0.15, 0.2) is 11.5 Å². The molecule has 0 saturated carbocycles. The molecule has 0 spiro atoms. The van der Waals surface area contributed by atoms with Crippen LogP contribution in [0.15, 0.2) is 40.3 Å². The largest absolute Gasteiger partial charge is 0.462 e. The van der Waals surface area contributed by atoms with E-state index in [-0.39, 0.29) is 18.9 Å². The van der Waals surface area contributed by atoms with E-state index in [9.17, 15) is 4.79 Å². The predicted octanol–water partition coefficient (Wildman–Crippen LogP) is 2.54. The summed E-state index contributed by atoms with van der Waals surface area (Å²) < 4.78 is 15.9. The van der Waals surface area contributed by atoms with Crippen molar-refractivity contribution in [1.82, 2.24) is 5.32 Å². The van der Waals surface area contributed by atoms with E-state index in [1.807, 2.05) is 12.1 Å². The van der Waals surface area contributed by atoms with Gasteiger partial charge in [-0.15, -0.1) is 0 Å². The number of nitrogens with zero attached hydrogens (tertiary/aromatic N) is 1. The van der Waals surface area contributed by atoms with Gasteiger partial charge in [-0.25, -0.2) is 0 Å². The van der Waals surface area contributed by atoms with Gasteiger partial charge in [0.1, 0.15) is 23.2 Å². The highest BCUT2D eigenvalue weighted by Crippen LogP contribution is 2.32. The fraction of sp³-hybridized carbons (Fsp3) is 0.176. The molecule has 116 valence electrons. The number of rotatable bonds is 4. The number of nitrogens with one attached hydrogen (secondary N) is 1. The molecule has 0 aliphatic carbocycles. The molecule has 3 rings (SSSR count). The second-order valence-electron chi connectivity index (χ2n) is 4.99. The molecule has 6 heteroatoms. The third kappa shape index (κ3) is 3.35. The molecule has 0 bridgehead atoms. The van der Waals surface area contributed by atoms with Crippen LogP contribution in [0.2, 0.25) is 0 Å². The van der Waals surface area contributed by atoms with Gasteiger partial charge in [-0.2, -0.15) is 5.26 Å². The Labute approximate surface area is 132 Å². The average molecular weight is 310 g/mol. The molecule has 0 atom stereocenters. The summed E-state index contributed by atoms with van der Waals surface area (Å²) in [5, 5.41) is 11.8. The van der Waals surface area contributed by atoms with E-state index in [0.717, 1.165) is 5.56 Å². The van der Waals surface area contributed by atoms with Crippen molar-refractivity contribution in [3.05, 3.63) is 53.0 Å². The van der Waals surface area contributed by atoms with E-state index >= 15 is 0 Å². The molecule has 6 nitrogen and oxygen atoms in total. The van der Waals surface area contributed by atoms with Crippen LogP contribution in [-0.4, -0.2) is 12.7 Å². The number of ether oxygens (including phenoxy) is 2. The lowest BCUT2D eigenvalue weighted by molar-refractivity contribution is -0.117. The van der Waals surface area contributed by atoms with Crippen molar-refractivity contribution in [2.75, 3.05) is 6.79 Å². The summed E-state index contributed by atoms with van der Waals surface area (Å²) in [7, 11) is 0. The van der Waals surface area contributed by atoms with Gasteiger partial charge in [0.25, 0.3) is 5.91 Å². The normalized spacial score (nSPS) is 12.8. The number of amides is 1. The average Bonchev–Trinajstić information content (AvgIpc) is 3.18. The minimum Gasteiger partial charge on any atom is -0.462 e. The molecule has 0 unspecified atom stereocenters. The van der Waals surface area contributed by atoms with Gasteiger partial charge in [0.05, 0.1) is 0 Å². The molecule has 1 aliphatic heterocycles. The highest BCUT2D eigenvalue weighted by Gasteiger charge is 2.14. The quantitative estimate of drug-likeness (QED) is 0.693. The van der Waals surface area contributed by atoms with Crippen LogP contribution in [0, 0.1) is 18.3 Å². The fourth-order valence-corrected chi connectivity index (χ4v) is 2.15. The Kier molecular flexibility index (Phi) is 4.02. The molecule has 1 amide bonds. The first-order chi connectivity index (χ1) is 11.2. The number of hydrogen-bond donors (Lipinski definition) is 1. The third-order valence-corrected chi connectivity index (χ3v) is 3.30. The number of fused-ring (bicyclic) bond motifs is 1. The van der Waals surface area contributed by atoms with E-state index in [0.29, 0.717) is 23.0 Å². The molecular weight excluding hydrogens is 296 g/mol. The number of aryl methyl sites for hydroxylation is 1. The zero-order valence-electron chi connectivity index (χ0n) is 12.5. The summed E-state index contributed by atoms with van der Waals surface area (Å²) in [4.78, 5) is 12.1. The van der Waals surface area contributed by atoms with Gasteiger partial charge in [-0.1, -0.05) is 6.07 Å². The van der Waals surface area contributed by atoms with Crippen molar-refractivity contribution in [1.29, 1.82) is 5.26 Å². The molecule has 0 saturated heterocycles. The molecule has 1 aromatic heterocycles. The van der Waals surface area contributed by atoms with Crippen molar-refractivity contribution < 1.29 is 18.7 Å². The van der Waals surface area contributed by atoms with Crippen molar-refractivity contribution in [2.45, 2.75) is 13.5 Å². The fourth-order valence-electron chi connectivity index (χ4n) is 2.15. The van der Waals surface area contributed by atoms with Gasteiger partial charge < -0.3 is 19.2 Å². The second kappa shape index (κ2) is 6.28. The van der Waals surface area contributed by atoms with Gasteiger partial charge in [0.2, 0.25) is 6.79 Å². The smallest absolute Gasteiger partial charge is 0.262 e. The van der Waals surface area contributed by atoms with Crippen LogP contribution in [-0.2, 0) is 11.3 Å². The van der Waals surface area contributed by atoms with Crippen molar-refractivity contribution in [3.8, 4) is 17.6 Å². The van der Waals surface area contributed by atoms with Gasteiger partial charge in [-0.3, -0.25) is 4.79 Å². The van der Waals surface area contributed by atoms with E-state index in [1.54, 1.807) is 31.2 Å². The number of hydrogen-bond acceptors (Lipinski definition) is 5. The topological polar surface area (TPSA) is 84.5 Å². The van der Waals surface area contributed by atoms with Crippen molar-refractivity contribution in [2.24, 2.45) is 0 Å². The number of benzene rings is 1. The maximum Gasteiger partial charge on any atom is 0.262 e. The predicted molar refractivity (Wildman–Crippen MR) is 81.4 cm³/mol. The lowest BCUT2D eigenvalue weighted by Crippen LogP contribution is -2.23. The zero-order chi connectivity index (χ0) is 16.2. The molecule has 1 aliphatic rings. The van der Waals surface area contributed by atoms with Gasteiger partial charge in [-0.05, 0) is 36.8 Å². The summed E-state index contributed by atoms with van der Waals surface area (Å²) >= 11 is 0. The second-order valence-corrected chi connectivity index (χ2v) is 4.99. The maximum absolute atomic E-state index is 12.1. The number of carbonyl (C=O) groups excluding carboxylic acids is 1. The van der Waals surface area contributed by atoms with Crippen molar-refractivity contribution in [3.63, 3.8) is 0 Å². The molecule has 1 aromatic carbocycles. The highest BCUT2D eigenvalue weighted by atomic mass is 16.7. The first-order valence-electron chi connectivity index (χ1n) is 7.00. The zero-order valence-corrected chi connectivity index (χ0v) is 12.5. The van der Waals surface area contributed by atoms with Crippen LogP contribution >= 0.6 is 0 Å². The molecule has 0 radical (unpaired) electrons. The molecule has 23 heavy (non-hydrogen) atoms. The van der Waals surface area contributed by atoms with Crippen molar-refractivity contribution >= 4 is 12.0 Å². The van der Waals surface area contributed by atoms with Crippen LogP contribution in [0.25, 0.3) is 6.08 Å². The van der Waals surface area contributed by atoms with Crippen LogP contribution in [0.5, 0.6) is 11.5 Å². The SMILES string of the molecule is Cc1ccc(/C=C(\C#N)C(=O)NCc2ccc3c(c2)OCO3)o1. The minimum absolute atomic E-state index is 0.0138. The number of nitriles is 1. The molecule has 2 aromatic rings. The van der Waals surface area contributed by atoms with Crippen LogP contribution < -0.4 is 14.8 Å². The molecule has 2 heterocycles. The summed E-state index contributed by atoms with van der Waals surface area (Å²) in [5.41, 5.74) is 0.842. The van der Waals surface area contributed by atoms with Crippen LogP contribution in [0.3, 0.4) is 0 Å². The Bertz CT molecular complexity index is 814. The van der Waals surface area contributed by atoms with Gasteiger partial charge >= 0.3 is 0 Å². The third-order valence-electron chi connectivity index (χ3n) is 3.30. The Hall–Kier alpha value is -3.20. The molecule has 1 N–H and O–H groups in total. The Morgan fingerprint density at radius 1 is 1.30 bits per heavy atom. The molecule has 0 fully saturated rings. The standard InChI is InChI=1S/C17H14N2O4/c1-11-2-4-14(23-11)7-13(8-18)17(20)19-9-12-3-5-15-16(6-12)22-10-21-15/h2-7H,9-10H2,1H3,(H,19,20)/b13-7+. The van der Waals surface area contributed by atoms with E-state index in [1.165, 1.54) is 6.08 Å². The van der Waals surface area contributed by atoms with E-state index < -0.39 is 5.91 Å². The summed E-state index contributed by atoms with van der Waals surface area (Å²) in [5.74, 6) is 2.07. The Morgan fingerprint density at radius 3 is 2.87 bits per heavy atom. The number of furan rings is 1.